The number of nitrogens with zero attached hydrogens (tertiary/aromatic N) is 2. The average Bonchev–Trinajstić information content (AvgIpc) is 3.23. The molecule has 2 amide bonds. The van der Waals surface area contributed by atoms with Crippen LogP contribution in [0.15, 0.2) is 60.7 Å². The number of H-pyrrole nitrogens is 1. The van der Waals surface area contributed by atoms with Crippen molar-refractivity contribution in [2.45, 2.75) is 6.42 Å². The van der Waals surface area contributed by atoms with E-state index < -0.39 is 11.6 Å². The molecule has 2 N–H and O–H groups in total. The maximum absolute atomic E-state index is 14.1. The molecule has 9 heteroatoms. The second-order valence-electron chi connectivity index (χ2n) is 7.54. The predicted octanol–water partition coefficient (Wildman–Crippen LogP) is 4.26. The summed E-state index contributed by atoms with van der Waals surface area (Å²) in [7, 11) is 0. The summed E-state index contributed by atoms with van der Waals surface area (Å²) in [5.41, 5.74) is 2.27. The summed E-state index contributed by atoms with van der Waals surface area (Å²) >= 11 is 0. The van der Waals surface area contributed by atoms with Crippen LogP contribution in [0.5, 0.6) is 5.75 Å². The number of hydrogen-bond donors (Lipinski definition) is 2. The summed E-state index contributed by atoms with van der Waals surface area (Å²) in [4.78, 5) is 33.6. The Balaban J connectivity index is 1.29. The van der Waals surface area contributed by atoms with Gasteiger partial charge in [0.05, 0.1) is 22.3 Å². The van der Waals surface area contributed by atoms with Crippen molar-refractivity contribution in [3.8, 4) is 17.1 Å². The second-order valence-corrected chi connectivity index (χ2v) is 7.54. The molecule has 166 valence electrons. The number of aromatic nitrogens is 2. The Hall–Kier alpha value is -4.27. The normalized spacial score (nSPS) is 13.0. The Morgan fingerprint density at radius 2 is 1.97 bits per heavy atom. The zero-order chi connectivity index (χ0) is 22.9. The molecule has 0 saturated carbocycles. The predicted molar refractivity (Wildman–Crippen MR) is 119 cm³/mol. The number of imidazole rings is 1. The molecule has 1 aromatic heterocycles. The summed E-state index contributed by atoms with van der Waals surface area (Å²) in [6, 6.07) is 15.3. The van der Waals surface area contributed by atoms with Crippen LogP contribution >= 0.6 is 0 Å². The molecule has 0 bridgehead atoms. The molecule has 33 heavy (non-hydrogen) atoms. The number of benzene rings is 3. The van der Waals surface area contributed by atoms with Crippen LogP contribution in [0.2, 0.25) is 0 Å². The minimum Gasteiger partial charge on any atom is -0.482 e. The third-order valence-electron chi connectivity index (χ3n) is 5.32. The molecule has 0 spiro atoms. The number of carbonyl (C=O) groups excluding carboxylic acids is 2. The van der Waals surface area contributed by atoms with Crippen LogP contribution in [-0.4, -0.2) is 34.9 Å². The fraction of sp³-hybridized carbons (Fsp3) is 0.125. The molecule has 0 saturated heterocycles. The lowest BCUT2D eigenvalue weighted by molar-refractivity contribution is -0.121. The van der Waals surface area contributed by atoms with Gasteiger partial charge in [0, 0.05) is 18.7 Å². The fourth-order valence-electron chi connectivity index (χ4n) is 3.73. The lowest BCUT2D eigenvalue weighted by Crippen LogP contribution is -2.40. The number of para-hydroxylation sites is 2. The van der Waals surface area contributed by atoms with Crippen molar-refractivity contribution < 1.29 is 23.1 Å². The van der Waals surface area contributed by atoms with Gasteiger partial charge >= 0.3 is 0 Å². The molecular formula is C24H18F2N4O3. The van der Waals surface area contributed by atoms with Crippen molar-refractivity contribution in [3.05, 3.63) is 72.3 Å². The van der Waals surface area contributed by atoms with Crippen molar-refractivity contribution in [1.29, 1.82) is 0 Å². The first-order valence-corrected chi connectivity index (χ1v) is 10.3. The lowest BCUT2D eigenvalue weighted by Gasteiger charge is -2.29. The highest BCUT2D eigenvalue weighted by atomic mass is 19.1. The van der Waals surface area contributed by atoms with Crippen molar-refractivity contribution >= 4 is 34.2 Å². The molecular weight excluding hydrogens is 430 g/mol. The third-order valence-corrected chi connectivity index (χ3v) is 5.32. The molecule has 5 rings (SSSR count). The molecule has 0 unspecified atom stereocenters. The summed E-state index contributed by atoms with van der Waals surface area (Å²) in [6.07, 6.45) is 0.0842. The van der Waals surface area contributed by atoms with Gasteiger partial charge in [-0.1, -0.05) is 12.1 Å². The summed E-state index contributed by atoms with van der Waals surface area (Å²) in [5.74, 6) is -0.855. The number of halogens is 2. The van der Waals surface area contributed by atoms with Crippen LogP contribution in [0.1, 0.15) is 6.42 Å². The van der Waals surface area contributed by atoms with Gasteiger partial charge in [0.15, 0.2) is 6.61 Å². The molecule has 2 heterocycles. The Kier molecular flexibility index (Phi) is 5.21. The zero-order valence-corrected chi connectivity index (χ0v) is 17.3. The van der Waals surface area contributed by atoms with Crippen LogP contribution in [0.3, 0.4) is 0 Å². The molecule has 4 aromatic rings. The van der Waals surface area contributed by atoms with Gasteiger partial charge in [0.1, 0.15) is 23.2 Å². The van der Waals surface area contributed by atoms with E-state index in [2.05, 4.69) is 15.3 Å². The van der Waals surface area contributed by atoms with E-state index in [9.17, 15) is 18.4 Å². The van der Waals surface area contributed by atoms with Crippen LogP contribution in [0.4, 0.5) is 20.2 Å². The van der Waals surface area contributed by atoms with E-state index in [1.807, 2.05) is 6.07 Å². The number of rotatable bonds is 5. The first-order chi connectivity index (χ1) is 16.0. The van der Waals surface area contributed by atoms with Crippen molar-refractivity contribution in [2.24, 2.45) is 0 Å². The maximum Gasteiger partial charge on any atom is 0.265 e. The van der Waals surface area contributed by atoms with Crippen LogP contribution in [-0.2, 0) is 9.59 Å². The molecule has 0 aliphatic carbocycles. The molecule has 0 radical (unpaired) electrons. The standard InChI is InChI=1S/C24H18F2N4O3/c25-14-5-7-17(26)16(11-14)24-28-18-8-6-15(12-19(18)29-24)27-22(31)9-10-30-20-3-1-2-4-21(20)33-13-23(30)32/h1-8,11-12H,9-10,13H2,(H,27,31)(H,28,29). The first-order valence-electron chi connectivity index (χ1n) is 10.3. The molecule has 1 aliphatic rings. The number of carbonyl (C=O) groups is 2. The SMILES string of the molecule is O=C(CCN1C(=O)COc2ccccc21)Nc1ccc2nc(-c3cc(F)ccc3F)[nH]c2c1. The lowest BCUT2D eigenvalue weighted by atomic mass is 10.2. The summed E-state index contributed by atoms with van der Waals surface area (Å²) in [5, 5.41) is 2.79. The minimum atomic E-state index is -0.594. The van der Waals surface area contributed by atoms with Gasteiger partial charge in [0.25, 0.3) is 5.91 Å². The topological polar surface area (TPSA) is 87.3 Å². The number of nitrogens with one attached hydrogen (secondary N) is 2. The number of amides is 2. The van der Waals surface area contributed by atoms with Gasteiger partial charge in [0.2, 0.25) is 5.91 Å². The Labute approximate surface area is 187 Å². The number of anilines is 2. The smallest absolute Gasteiger partial charge is 0.265 e. The highest BCUT2D eigenvalue weighted by Crippen LogP contribution is 2.31. The highest BCUT2D eigenvalue weighted by Gasteiger charge is 2.25. The molecule has 1 aliphatic heterocycles. The quantitative estimate of drug-likeness (QED) is 0.478. The Morgan fingerprint density at radius 1 is 1.12 bits per heavy atom. The second kappa shape index (κ2) is 8.34. The molecule has 0 atom stereocenters. The first kappa shape index (κ1) is 20.6. The van der Waals surface area contributed by atoms with E-state index in [1.54, 1.807) is 36.4 Å². The van der Waals surface area contributed by atoms with E-state index >= 15 is 0 Å². The number of ether oxygens (including phenoxy) is 1. The highest BCUT2D eigenvalue weighted by molar-refractivity contribution is 5.99. The Bertz CT molecular complexity index is 1390. The summed E-state index contributed by atoms with van der Waals surface area (Å²) in [6.45, 7) is 0.143. The number of fused-ring (bicyclic) bond motifs is 2. The third kappa shape index (κ3) is 4.12. The monoisotopic (exact) mass is 448 g/mol. The minimum absolute atomic E-state index is 0.0206. The van der Waals surface area contributed by atoms with Crippen LogP contribution in [0.25, 0.3) is 22.4 Å². The number of hydrogen-bond acceptors (Lipinski definition) is 4. The Morgan fingerprint density at radius 3 is 2.85 bits per heavy atom. The van der Waals surface area contributed by atoms with Crippen molar-refractivity contribution in [1.82, 2.24) is 9.97 Å². The van der Waals surface area contributed by atoms with Gasteiger partial charge in [-0.25, -0.2) is 13.8 Å². The maximum atomic E-state index is 14.1. The van der Waals surface area contributed by atoms with Crippen molar-refractivity contribution in [2.75, 3.05) is 23.4 Å². The van der Waals surface area contributed by atoms with Gasteiger partial charge in [-0.3, -0.25) is 9.59 Å². The largest absolute Gasteiger partial charge is 0.482 e. The van der Waals surface area contributed by atoms with Crippen molar-refractivity contribution in [3.63, 3.8) is 0 Å². The van der Waals surface area contributed by atoms with Gasteiger partial charge < -0.3 is 19.9 Å². The average molecular weight is 448 g/mol. The number of aromatic amines is 1. The van der Waals surface area contributed by atoms with E-state index in [0.717, 1.165) is 18.2 Å². The molecule has 0 fully saturated rings. The molecule has 7 nitrogen and oxygen atoms in total. The van der Waals surface area contributed by atoms with E-state index in [0.29, 0.717) is 28.2 Å². The molecule has 3 aromatic carbocycles. The van der Waals surface area contributed by atoms with E-state index in [4.69, 9.17) is 4.74 Å². The summed E-state index contributed by atoms with van der Waals surface area (Å²) < 4.78 is 33.0. The van der Waals surface area contributed by atoms with Gasteiger partial charge in [-0.2, -0.15) is 0 Å². The zero-order valence-electron chi connectivity index (χ0n) is 17.3. The van der Waals surface area contributed by atoms with Gasteiger partial charge in [-0.05, 0) is 48.5 Å². The van der Waals surface area contributed by atoms with Crippen LogP contribution in [0, 0.1) is 11.6 Å². The fourth-order valence-corrected chi connectivity index (χ4v) is 3.73. The van der Waals surface area contributed by atoms with E-state index in [1.165, 1.54) is 4.90 Å². The van der Waals surface area contributed by atoms with Crippen LogP contribution < -0.4 is 15.0 Å². The van der Waals surface area contributed by atoms with E-state index in [-0.39, 0.29) is 42.8 Å². The van der Waals surface area contributed by atoms with Gasteiger partial charge in [-0.15, -0.1) is 0 Å².